The Morgan fingerprint density at radius 2 is 1.35 bits per heavy atom. The van der Waals surface area contributed by atoms with Gasteiger partial charge in [-0.05, 0) is 80.6 Å². The van der Waals surface area contributed by atoms with Crippen molar-refractivity contribution in [3.63, 3.8) is 0 Å². The van der Waals surface area contributed by atoms with Crippen molar-refractivity contribution >= 4 is 21.9 Å². The second kappa shape index (κ2) is 12.9. The zero-order valence-corrected chi connectivity index (χ0v) is 25.0. The highest BCUT2D eigenvalue weighted by molar-refractivity contribution is 5.99. The number of rotatable bonds is 10. The summed E-state index contributed by atoms with van der Waals surface area (Å²) in [5.74, 6) is -0.357. The maximum Gasteiger partial charge on any atom is 0.204 e. The maximum absolute atomic E-state index is 14.2. The van der Waals surface area contributed by atoms with E-state index in [2.05, 4.69) is 19.9 Å². The molecular weight excluding hydrogens is 504 g/mol. The largest absolute Gasteiger partial charge is 0.507 e. The van der Waals surface area contributed by atoms with Crippen molar-refractivity contribution in [2.24, 2.45) is 0 Å². The highest BCUT2D eigenvalue weighted by Crippen LogP contribution is 2.43. The second-order valence-electron chi connectivity index (χ2n) is 11.1. The summed E-state index contributed by atoms with van der Waals surface area (Å²) in [4.78, 5) is 14.2. The van der Waals surface area contributed by atoms with Gasteiger partial charge in [0.15, 0.2) is 11.5 Å². The Labute approximate surface area is 236 Å². The van der Waals surface area contributed by atoms with Crippen molar-refractivity contribution in [3.05, 3.63) is 79.6 Å². The van der Waals surface area contributed by atoms with Crippen LogP contribution in [0.15, 0.2) is 61.9 Å². The average molecular weight is 547 g/mol. The summed E-state index contributed by atoms with van der Waals surface area (Å²) < 4.78 is 11.7. The van der Waals surface area contributed by atoms with Crippen molar-refractivity contribution in [1.29, 1.82) is 0 Å². The standard InChI is InChI=1S/C34H42O6/c1-19(2)10-9-11-22(7)14-17-25-30(36)24(16-13-21(5)6)31(37)29-32(38)28-23(15-12-20(3)4)33(39-8)26(35)18-27(28)40-34(25)29/h10,12-14,18,35-37H,9,11,15-17H2,1-8H3/b22-14+. The van der Waals surface area contributed by atoms with Gasteiger partial charge in [-0.3, -0.25) is 4.79 Å². The van der Waals surface area contributed by atoms with Crippen LogP contribution in [-0.2, 0) is 19.3 Å². The van der Waals surface area contributed by atoms with Gasteiger partial charge in [0, 0.05) is 22.8 Å². The molecule has 0 saturated carbocycles. The monoisotopic (exact) mass is 546 g/mol. The van der Waals surface area contributed by atoms with Gasteiger partial charge in [-0.15, -0.1) is 0 Å². The minimum absolute atomic E-state index is 0.0132. The molecule has 0 atom stereocenters. The Hall–Kier alpha value is -3.93. The molecular formula is C34H42O6. The molecule has 1 aromatic heterocycles. The summed E-state index contributed by atoms with van der Waals surface area (Å²) in [6.45, 7) is 13.9. The fourth-order valence-electron chi connectivity index (χ4n) is 4.76. The molecule has 0 amide bonds. The van der Waals surface area contributed by atoms with E-state index >= 15 is 0 Å². The van der Waals surface area contributed by atoms with Crippen molar-refractivity contribution < 1.29 is 24.5 Å². The lowest BCUT2D eigenvalue weighted by Gasteiger charge is -2.17. The van der Waals surface area contributed by atoms with Crippen LogP contribution in [0.3, 0.4) is 0 Å². The van der Waals surface area contributed by atoms with Crippen LogP contribution in [0, 0.1) is 0 Å². The van der Waals surface area contributed by atoms with E-state index in [-0.39, 0.29) is 56.9 Å². The number of fused-ring (bicyclic) bond motifs is 2. The molecule has 0 aliphatic carbocycles. The Morgan fingerprint density at radius 3 is 1.93 bits per heavy atom. The van der Waals surface area contributed by atoms with Crippen LogP contribution in [0.4, 0.5) is 0 Å². The third kappa shape index (κ3) is 6.61. The highest BCUT2D eigenvalue weighted by atomic mass is 16.5. The average Bonchev–Trinajstić information content (AvgIpc) is 2.86. The van der Waals surface area contributed by atoms with E-state index in [4.69, 9.17) is 9.15 Å². The third-order valence-corrected chi connectivity index (χ3v) is 6.96. The SMILES string of the molecule is COc1c(O)cc2oc3c(C/C=C(\C)CCC=C(C)C)c(O)c(CC=C(C)C)c(O)c3c(=O)c2c1CC=C(C)C. The zero-order valence-electron chi connectivity index (χ0n) is 25.0. The molecule has 0 spiro atoms. The third-order valence-electron chi connectivity index (χ3n) is 6.96. The van der Waals surface area contributed by atoms with E-state index in [9.17, 15) is 20.1 Å². The van der Waals surface area contributed by atoms with Gasteiger partial charge in [-0.2, -0.15) is 0 Å². The lowest BCUT2D eigenvalue weighted by atomic mass is 9.94. The van der Waals surface area contributed by atoms with Gasteiger partial charge in [0.2, 0.25) is 5.43 Å². The molecule has 3 N–H and O–H groups in total. The van der Waals surface area contributed by atoms with Crippen LogP contribution in [-0.4, -0.2) is 22.4 Å². The van der Waals surface area contributed by atoms with Crippen LogP contribution in [0.25, 0.3) is 21.9 Å². The van der Waals surface area contributed by atoms with E-state index in [0.717, 1.165) is 29.6 Å². The first-order chi connectivity index (χ1) is 18.9. The first kappa shape index (κ1) is 30.6. The molecule has 3 rings (SSSR count). The lowest BCUT2D eigenvalue weighted by Crippen LogP contribution is -2.09. The zero-order chi connectivity index (χ0) is 29.7. The second-order valence-corrected chi connectivity index (χ2v) is 11.1. The Bertz CT molecular complexity index is 1600. The molecule has 0 aliphatic rings. The molecule has 0 fully saturated rings. The molecule has 6 nitrogen and oxygen atoms in total. The Kier molecular flexibility index (Phi) is 9.91. The number of phenols is 3. The van der Waals surface area contributed by atoms with E-state index in [1.807, 2.05) is 52.8 Å². The van der Waals surface area contributed by atoms with Crippen molar-refractivity contribution in [3.8, 4) is 23.0 Å². The number of aromatic hydroxyl groups is 3. The number of methoxy groups -OCH3 is 1. The smallest absolute Gasteiger partial charge is 0.204 e. The molecule has 40 heavy (non-hydrogen) atoms. The van der Waals surface area contributed by atoms with Gasteiger partial charge < -0.3 is 24.5 Å². The molecule has 0 unspecified atom stereocenters. The van der Waals surface area contributed by atoms with Crippen LogP contribution < -0.4 is 10.2 Å². The number of hydrogen-bond donors (Lipinski definition) is 3. The van der Waals surface area contributed by atoms with E-state index in [1.165, 1.54) is 18.7 Å². The van der Waals surface area contributed by atoms with Gasteiger partial charge in [-0.1, -0.05) is 46.6 Å². The first-order valence-electron chi connectivity index (χ1n) is 13.7. The van der Waals surface area contributed by atoms with Gasteiger partial charge in [-0.25, -0.2) is 0 Å². The fraction of sp³-hybridized carbons (Fsp3) is 0.382. The maximum atomic E-state index is 14.2. The van der Waals surface area contributed by atoms with Crippen LogP contribution >= 0.6 is 0 Å². The lowest BCUT2D eigenvalue weighted by molar-refractivity contribution is 0.370. The summed E-state index contributed by atoms with van der Waals surface area (Å²) in [5.41, 5.74) is 5.47. The molecule has 2 aromatic carbocycles. The molecule has 1 heterocycles. The minimum atomic E-state index is -0.437. The summed E-state index contributed by atoms with van der Waals surface area (Å²) in [5, 5.41) is 33.7. The predicted octanol–water partition coefficient (Wildman–Crippen LogP) is 8.32. The minimum Gasteiger partial charge on any atom is -0.507 e. The molecule has 3 aromatic rings. The summed E-state index contributed by atoms with van der Waals surface area (Å²) >= 11 is 0. The summed E-state index contributed by atoms with van der Waals surface area (Å²) in [7, 11) is 1.44. The Morgan fingerprint density at radius 1 is 0.775 bits per heavy atom. The number of ether oxygens (including phenoxy) is 1. The van der Waals surface area contributed by atoms with Gasteiger partial charge in [0.05, 0.1) is 12.5 Å². The Balaban J connectivity index is 2.40. The predicted molar refractivity (Wildman–Crippen MR) is 164 cm³/mol. The van der Waals surface area contributed by atoms with Gasteiger partial charge in [0.1, 0.15) is 28.1 Å². The van der Waals surface area contributed by atoms with Crippen molar-refractivity contribution in [2.45, 2.75) is 80.6 Å². The summed E-state index contributed by atoms with van der Waals surface area (Å²) in [6.07, 6.45) is 10.7. The number of phenolic OH excluding ortho intramolecular Hbond substituents is 3. The molecule has 0 saturated heterocycles. The molecule has 0 bridgehead atoms. The molecule has 0 aliphatic heterocycles. The van der Waals surface area contributed by atoms with Crippen molar-refractivity contribution in [1.82, 2.24) is 0 Å². The highest BCUT2D eigenvalue weighted by Gasteiger charge is 2.26. The number of benzene rings is 2. The normalized spacial score (nSPS) is 11.6. The number of hydrogen-bond acceptors (Lipinski definition) is 6. The quantitative estimate of drug-likeness (QED) is 0.175. The number of allylic oxidation sites excluding steroid dienone is 8. The van der Waals surface area contributed by atoms with Crippen LogP contribution in [0.2, 0.25) is 0 Å². The fourth-order valence-corrected chi connectivity index (χ4v) is 4.76. The molecule has 0 radical (unpaired) electrons. The molecule has 6 heteroatoms. The van der Waals surface area contributed by atoms with E-state index < -0.39 is 5.43 Å². The molecule has 214 valence electrons. The van der Waals surface area contributed by atoms with Crippen LogP contribution in [0.1, 0.15) is 78.0 Å². The summed E-state index contributed by atoms with van der Waals surface area (Å²) in [6, 6.07) is 1.36. The van der Waals surface area contributed by atoms with Crippen molar-refractivity contribution in [2.75, 3.05) is 7.11 Å². The van der Waals surface area contributed by atoms with E-state index in [0.29, 0.717) is 24.0 Å². The van der Waals surface area contributed by atoms with Gasteiger partial charge in [0.25, 0.3) is 0 Å². The van der Waals surface area contributed by atoms with E-state index in [1.54, 1.807) is 0 Å². The topological polar surface area (TPSA) is 100 Å². The first-order valence-corrected chi connectivity index (χ1v) is 13.7. The van der Waals surface area contributed by atoms with Gasteiger partial charge >= 0.3 is 0 Å². The van der Waals surface area contributed by atoms with Crippen LogP contribution in [0.5, 0.6) is 23.0 Å².